The number of thiol groups is 1. The van der Waals surface area contributed by atoms with Crippen molar-refractivity contribution in [1.29, 1.82) is 5.26 Å². The van der Waals surface area contributed by atoms with Gasteiger partial charge >= 0.3 is 0 Å². The molecular weight excluding hydrogens is 160 g/mol. The Kier molecular flexibility index (Phi) is 4.71. The van der Waals surface area contributed by atoms with Crippen molar-refractivity contribution < 1.29 is 4.79 Å². The number of amides is 1. The maximum absolute atomic E-state index is 11.0. The van der Waals surface area contributed by atoms with Crippen molar-refractivity contribution in [1.82, 2.24) is 4.90 Å². The fourth-order valence-electron chi connectivity index (χ4n) is 0.626. The first-order chi connectivity index (χ1) is 5.13. The predicted molar refractivity (Wildman–Crippen MR) is 46.3 cm³/mol. The first kappa shape index (κ1) is 10.3. The van der Waals surface area contributed by atoms with Gasteiger partial charge in [0, 0.05) is 13.1 Å². The molecule has 1 unspecified atom stereocenters. The van der Waals surface area contributed by atoms with Crippen molar-refractivity contribution >= 4 is 18.5 Å². The molecule has 0 spiro atoms. The molecule has 0 N–H and O–H groups in total. The van der Waals surface area contributed by atoms with Gasteiger partial charge in [-0.1, -0.05) is 0 Å². The lowest BCUT2D eigenvalue weighted by molar-refractivity contribution is -0.128. The van der Waals surface area contributed by atoms with Crippen molar-refractivity contribution in [2.24, 2.45) is 0 Å². The minimum Gasteiger partial charge on any atom is -0.341 e. The number of rotatable bonds is 3. The molecule has 0 saturated carbocycles. The second kappa shape index (κ2) is 5.03. The largest absolute Gasteiger partial charge is 0.341 e. The van der Waals surface area contributed by atoms with E-state index in [1.165, 1.54) is 4.90 Å². The van der Waals surface area contributed by atoms with Gasteiger partial charge in [-0.05, 0) is 6.92 Å². The third-order valence-corrected chi connectivity index (χ3v) is 1.85. The number of hydrogen-bond donors (Lipinski definition) is 1. The molecule has 0 aliphatic heterocycles. The summed E-state index contributed by atoms with van der Waals surface area (Å²) in [5.74, 6) is 0.155. The average Bonchev–Trinajstić information content (AvgIpc) is 2.02. The van der Waals surface area contributed by atoms with E-state index >= 15 is 0 Å². The Morgan fingerprint density at radius 3 is 2.73 bits per heavy atom. The zero-order valence-corrected chi connectivity index (χ0v) is 7.64. The van der Waals surface area contributed by atoms with Gasteiger partial charge in [0.25, 0.3) is 0 Å². The van der Waals surface area contributed by atoms with Crippen LogP contribution in [0.1, 0.15) is 13.3 Å². The molecule has 0 fully saturated rings. The molecule has 3 nitrogen and oxygen atoms in total. The highest BCUT2D eigenvalue weighted by Crippen LogP contribution is 2.00. The molecule has 62 valence electrons. The van der Waals surface area contributed by atoms with Crippen LogP contribution in [0.4, 0.5) is 0 Å². The number of nitriles is 1. The molecule has 0 bridgehead atoms. The van der Waals surface area contributed by atoms with Crippen LogP contribution in [0.15, 0.2) is 0 Å². The molecule has 1 atom stereocenters. The lowest BCUT2D eigenvalue weighted by Gasteiger charge is -2.21. The van der Waals surface area contributed by atoms with Crippen LogP contribution in [0.3, 0.4) is 0 Å². The van der Waals surface area contributed by atoms with Crippen molar-refractivity contribution in [2.75, 3.05) is 12.8 Å². The summed E-state index contributed by atoms with van der Waals surface area (Å²) < 4.78 is 0. The molecule has 0 saturated heterocycles. The molecule has 1 amide bonds. The number of nitrogens with zero attached hydrogens (tertiary/aromatic N) is 2. The molecule has 0 heterocycles. The molecule has 0 aliphatic rings. The summed E-state index contributed by atoms with van der Waals surface area (Å²) in [6.45, 7) is 1.84. The quantitative estimate of drug-likeness (QED) is 0.636. The summed E-state index contributed by atoms with van der Waals surface area (Å²) in [4.78, 5) is 12.5. The van der Waals surface area contributed by atoms with Crippen LogP contribution in [0.2, 0.25) is 0 Å². The minimum absolute atomic E-state index is 0.0142. The summed E-state index contributed by atoms with van der Waals surface area (Å²) in [5, 5.41) is 8.33. The Hall–Kier alpha value is -0.690. The van der Waals surface area contributed by atoms with Crippen molar-refractivity contribution in [2.45, 2.75) is 19.4 Å². The topological polar surface area (TPSA) is 44.1 Å². The molecule has 0 aromatic rings. The van der Waals surface area contributed by atoms with E-state index < -0.39 is 0 Å². The molecule has 0 radical (unpaired) electrons. The lowest BCUT2D eigenvalue weighted by atomic mass is 10.2. The SMILES string of the molecule is CC(CC#N)N(C)C(=O)CS. The van der Waals surface area contributed by atoms with Gasteiger partial charge in [0.1, 0.15) is 0 Å². The van der Waals surface area contributed by atoms with Gasteiger partial charge in [0.15, 0.2) is 0 Å². The maximum Gasteiger partial charge on any atom is 0.232 e. The first-order valence-corrected chi connectivity index (χ1v) is 4.00. The lowest BCUT2D eigenvalue weighted by Crippen LogP contribution is -2.35. The Morgan fingerprint density at radius 2 is 2.36 bits per heavy atom. The molecule has 0 rings (SSSR count). The maximum atomic E-state index is 11.0. The second-order valence-corrected chi connectivity index (χ2v) is 2.69. The zero-order valence-electron chi connectivity index (χ0n) is 6.74. The first-order valence-electron chi connectivity index (χ1n) is 3.37. The highest BCUT2D eigenvalue weighted by Gasteiger charge is 2.12. The van der Waals surface area contributed by atoms with Gasteiger partial charge in [-0.15, -0.1) is 0 Å². The molecule has 0 aromatic heterocycles. The highest BCUT2D eigenvalue weighted by atomic mass is 32.1. The summed E-state index contributed by atoms with van der Waals surface area (Å²) in [5.41, 5.74) is 0. The molecule has 0 aliphatic carbocycles. The van der Waals surface area contributed by atoms with Crippen molar-refractivity contribution in [3.8, 4) is 6.07 Å². The van der Waals surface area contributed by atoms with Gasteiger partial charge in [0.05, 0.1) is 18.2 Å². The van der Waals surface area contributed by atoms with Gasteiger partial charge in [-0.2, -0.15) is 17.9 Å². The van der Waals surface area contributed by atoms with Crippen molar-refractivity contribution in [3.63, 3.8) is 0 Å². The third-order valence-electron chi connectivity index (χ3n) is 1.58. The van der Waals surface area contributed by atoms with Gasteiger partial charge < -0.3 is 4.90 Å². The van der Waals surface area contributed by atoms with Crippen molar-refractivity contribution in [3.05, 3.63) is 0 Å². The number of carbonyl (C=O) groups excluding carboxylic acids is 1. The summed E-state index contributed by atoms with van der Waals surface area (Å²) in [7, 11) is 1.68. The smallest absolute Gasteiger partial charge is 0.232 e. The monoisotopic (exact) mass is 172 g/mol. The second-order valence-electron chi connectivity index (χ2n) is 2.37. The van der Waals surface area contributed by atoms with E-state index in [-0.39, 0.29) is 17.7 Å². The van der Waals surface area contributed by atoms with Gasteiger partial charge in [0.2, 0.25) is 5.91 Å². The van der Waals surface area contributed by atoms with E-state index in [1.807, 2.05) is 13.0 Å². The van der Waals surface area contributed by atoms with Gasteiger partial charge in [-0.3, -0.25) is 4.79 Å². The normalized spacial score (nSPS) is 11.8. The van der Waals surface area contributed by atoms with Crippen LogP contribution in [0.5, 0.6) is 0 Å². The molecular formula is C7H12N2OS. The van der Waals surface area contributed by atoms with E-state index in [4.69, 9.17) is 5.26 Å². The van der Waals surface area contributed by atoms with Gasteiger partial charge in [-0.25, -0.2) is 0 Å². The average molecular weight is 172 g/mol. The fraction of sp³-hybridized carbons (Fsp3) is 0.714. The third kappa shape index (κ3) is 3.28. The standard InChI is InChI=1S/C7H12N2OS/c1-6(3-4-8)9(2)7(10)5-11/h6,11H,3,5H2,1-2H3. The molecule has 11 heavy (non-hydrogen) atoms. The van der Waals surface area contributed by atoms with Crippen LogP contribution in [-0.2, 0) is 4.79 Å². The van der Waals surface area contributed by atoms with E-state index in [2.05, 4.69) is 12.6 Å². The van der Waals surface area contributed by atoms with Crippen LogP contribution in [0.25, 0.3) is 0 Å². The van der Waals surface area contributed by atoms with E-state index in [1.54, 1.807) is 7.05 Å². The predicted octanol–water partition coefficient (Wildman–Crippen LogP) is 0.677. The summed E-state index contributed by atoms with van der Waals surface area (Å²) >= 11 is 3.84. The Bertz CT molecular complexity index is 176. The van der Waals surface area contributed by atoms with E-state index in [9.17, 15) is 4.79 Å². The van der Waals surface area contributed by atoms with Crippen LogP contribution in [0, 0.1) is 11.3 Å². The van der Waals surface area contributed by atoms with E-state index in [0.717, 1.165) is 0 Å². The Labute approximate surface area is 72.4 Å². The molecule has 0 aromatic carbocycles. The Morgan fingerprint density at radius 1 is 1.82 bits per heavy atom. The summed E-state index contributed by atoms with van der Waals surface area (Å²) in [6.07, 6.45) is 0.371. The number of hydrogen-bond acceptors (Lipinski definition) is 3. The van der Waals surface area contributed by atoms with Crippen LogP contribution < -0.4 is 0 Å². The highest BCUT2D eigenvalue weighted by molar-refractivity contribution is 7.81. The minimum atomic E-state index is -0.0453. The van der Waals surface area contributed by atoms with Crippen LogP contribution >= 0.6 is 12.6 Å². The zero-order chi connectivity index (χ0) is 8.85. The number of carbonyl (C=O) groups is 1. The molecule has 4 heteroatoms. The fourth-order valence-corrected chi connectivity index (χ4v) is 0.849. The Balaban J connectivity index is 3.92. The van der Waals surface area contributed by atoms with Crippen LogP contribution in [-0.4, -0.2) is 29.6 Å². The van der Waals surface area contributed by atoms with E-state index in [0.29, 0.717) is 6.42 Å². The summed E-state index contributed by atoms with van der Waals surface area (Å²) in [6, 6.07) is 1.99.